The van der Waals surface area contributed by atoms with Gasteiger partial charge in [0.15, 0.2) is 0 Å². The molecule has 0 aliphatic rings. The fourth-order valence-electron chi connectivity index (χ4n) is 1.94. The van der Waals surface area contributed by atoms with E-state index in [2.05, 4.69) is 53.4 Å². The summed E-state index contributed by atoms with van der Waals surface area (Å²) in [6.45, 7) is 7.26. The lowest BCUT2D eigenvalue weighted by Gasteiger charge is -2.27. The van der Waals surface area contributed by atoms with E-state index in [1.807, 2.05) is 13.1 Å². The average molecular weight is 275 g/mol. The van der Waals surface area contributed by atoms with Crippen molar-refractivity contribution < 1.29 is 0 Å². The van der Waals surface area contributed by atoms with E-state index in [1.54, 1.807) is 11.3 Å². The molecule has 0 spiro atoms. The molecule has 0 bridgehead atoms. The van der Waals surface area contributed by atoms with Crippen LogP contribution in [0, 0.1) is 0 Å². The van der Waals surface area contributed by atoms with Gasteiger partial charge in [0.05, 0.1) is 6.54 Å². The van der Waals surface area contributed by atoms with Crippen molar-refractivity contribution in [1.82, 2.24) is 4.98 Å². The molecule has 3 nitrogen and oxygen atoms in total. The highest BCUT2D eigenvalue weighted by Gasteiger charge is 2.13. The van der Waals surface area contributed by atoms with Crippen LogP contribution in [0.2, 0.25) is 0 Å². The molecule has 0 radical (unpaired) electrons. The van der Waals surface area contributed by atoms with Gasteiger partial charge in [-0.05, 0) is 43.8 Å². The topological polar surface area (TPSA) is 42.1 Å². The summed E-state index contributed by atoms with van der Waals surface area (Å²) in [6, 6.07) is 8.83. The fourth-order valence-corrected chi connectivity index (χ4v) is 2.64. The summed E-state index contributed by atoms with van der Waals surface area (Å²) in [5.74, 6) is 1.01. The summed E-state index contributed by atoms with van der Waals surface area (Å²) in [7, 11) is 0. The van der Waals surface area contributed by atoms with Crippen LogP contribution >= 0.6 is 11.3 Å². The number of hydrogen-bond donors (Lipinski definition) is 1. The standard InChI is InChI=1S/C15H21N3S/c1-11(2)18(10-14-5-4-8-19-14)15-7-6-13(9-17-15)12(3)16/h4-9,11-12H,10,16H2,1-3H3/t12-/m1/s1. The number of pyridine rings is 1. The van der Waals surface area contributed by atoms with Crippen LogP contribution in [0.25, 0.3) is 0 Å². The first-order chi connectivity index (χ1) is 9.08. The molecule has 0 aromatic carbocycles. The van der Waals surface area contributed by atoms with E-state index >= 15 is 0 Å². The maximum atomic E-state index is 5.86. The highest BCUT2D eigenvalue weighted by Crippen LogP contribution is 2.21. The summed E-state index contributed by atoms with van der Waals surface area (Å²) in [4.78, 5) is 8.21. The molecular weight excluding hydrogens is 254 g/mol. The van der Waals surface area contributed by atoms with Crippen LogP contribution in [-0.2, 0) is 6.54 Å². The zero-order valence-corrected chi connectivity index (χ0v) is 12.5. The molecule has 0 unspecified atom stereocenters. The van der Waals surface area contributed by atoms with Crippen molar-refractivity contribution in [1.29, 1.82) is 0 Å². The molecule has 2 aromatic heterocycles. The highest BCUT2D eigenvalue weighted by molar-refractivity contribution is 7.09. The molecule has 2 N–H and O–H groups in total. The van der Waals surface area contributed by atoms with E-state index in [4.69, 9.17) is 5.73 Å². The van der Waals surface area contributed by atoms with E-state index in [-0.39, 0.29) is 6.04 Å². The van der Waals surface area contributed by atoms with Gasteiger partial charge in [-0.1, -0.05) is 12.1 Å². The van der Waals surface area contributed by atoms with Crippen molar-refractivity contribution in [2.24, 2.45) is 5.73 Å². The largest absolute Gasteiger partial charge is 0.349 e. The molecule has 0 amide bonds. The number of nitrogens with zero attached hydrogens (tertiary/aromatic N) is 2. The van der Waals surface area contributed by atoms with Crippen LogP contribution in [0.15, 0.2) is 35.8 Å². The molecule has 1 atom stereocenters. The molecule has 2 heterocycles. The van der Waals surface area contributed by atoms with Crippen molar-refractivity contribution in [3.8, 4) is 0 Å². The van der Waals surface area contributed by atoms with E-state index in [0.717, 1.165) is 17.9 Å². The molecule has 102 valence electrons. The Hall–Kier alpha value is -1.39. The lowest BCUT2D eigenvalue weighted by atomic mass is 10.1. The minimum absolute atomic E-state index is 0.0337. The summed E-state index contributed by atoms with van der Waals surface area (Å²) >= 11 is 1.78. The van der Waals surface area contributed by atoms with Gasteiger partial charge in [0.25, 0.3) is 0 Å². The molecule has 0 aliphatic heterocycles. The van der Waals surface area contributed by atoms with Crippen molar-refractivity contribution >= 4 is 17.2 Å². The molecule has 0 saturated heterocycles. The Morgan fingerprint density at radius 3 is 2.53 bits per heavy atom. The number of anilines is 1. The zero-order chi connectivity index (χ0) is 13.8. The summed E-state index contributed by atoms with van der Waals surface area (Å²) in [6.07, 6.45) is 1.88. The molecular formula is C15H21N3S. The molecule has 19 heavy (non-hydrogen) atoms. The van der Waals surface area contributed by atoms with Crippen molar-refractivity contribution in [2.75, 3.05) is 4.90 Å². The van der Waals surface area contributed by atoms with Gasteiger partial charge in [-0.15, -0.1) is 11.3 Å². The first-order valence-corrected chi connectivity index (χ1v) is 7.46. The second kappa shape index (κ2) is 6.17. The zero-order valence-electron chi connectivity index (χ0n) is 11.7. The van der Waals surface area contributed by atoms with Gasteiger partial charge in [0.1, 0.15) is 5.82 Å². The van der Waals surface area contributed by atoms with Crippen molar-refractivity contribution in [2.45, 2.75) is 39.4 Å². The van der Waals surface area contributed by atoms with Crippen LogP contribution in [0.1, 0.15) is 37.3 Å². The number of aromatic nitrogens is 1. The second-order valence-electron chi connectivity index (χ2n) is 5.04. The van der Waals surface area contributed by atoms with Gasteiger partial charge >= 0.3 is 0 Å². The lowest BCUT2D eigenvalue weighted by Crippen LogP contribution is -2.30. The van der Waals surface area contributed by atoms with Crippen molar-refractivity contribution in [3.63, 3.8) is 0 Å². The lowest BCUT2D eigenvalue weighted by molar-refractivity contribution is 0.675. The van der Waals surface area contributed by atoms with E-state index in [0.29, 0.717) is 6.04 Å². The summed E-state index contributed by atoms with van der Waals surface area (Å²) in [5, 5.41) is 2.11. The number of rotatable bonds is 5. The van der Waals surface area contributed by atoms with Gasteiger partial charge in [-0.3, -0.25) is 0 Å². The molecule has 2 rings (SSSR count). The third-order valence-electron chi connectivity index (χ3n) is 3.12. The first kappa shape index (κ1) is 14.0. The maximum absolute atomic E-state index is 5.86. The third-order valence-corrected chi connectivity index (χ3v) is 3.98. The van der Waals surface area contributed by atoms with Gasteiger partial charge < -0.3 is 10.6 Å². The number of thiophene rings is 1. The van der Waals surface area contributed by atoms with Crippen LogP contribution in [-0.4, -0.2) is 11.0 Å². The smallest absolute Gasteiger partial charge is 0.129 e. The fraction of sp³-hybridized carbons (Fsp3) is 0.400. The highest BCUT2D eigenvalue weighted by atomic mass is 32.1. The Morgan fingerprint density at radius 2 is 2.05 bits per heavy atom. The molecule has 0 aliphatic carbocycles. The molecule has 0 saturated carbocycles. The minimum Gasteiger partial charge on any atom is -0.349 e. The third kappa shape index (κ3) is 3.55. The average Bonchev–Trinajstić information content (AvgIpc) is 2.88. The predicted molar refractivity (Wildman–Crippen MR) is 82.5 cm³/mol. The quantitative estimate of drug-likeness (QED) is 0.907. The number of nitrogens with two attached hydrogens (primary N) is 1. The van der Waals surface area contributed by atoms with Gasteiger partial charge in [0, 0.05) is 23.2 Å². The van der Waals surface area contributed by atoms with E-state index in [9.17, 15) is 0 Å². The SMILES string of the molecule is CC(C)N(Cc1cccs1)c1ccc([C@@H](C)N)cn1. The van der Waals surface area contributed by atoms with E-state index in [1.165, 1.54) is 4.88 Å². The molecule has 2 aromatic rings. The maximum Gasteiger partial charge on any atom is 0.129 e. The normalized spacial score (nSPS) is 12.7. The van der Waals surface area contributed by atoms with Crippen LogP contribution in [0.3, 0.4) is 0 Å². The monoisotopic (exact) mass is 275 g/mol. The van der Waals surface area contributed by atoms with Crippen LogP contribution in [0.4, 0.5) is 5.82 Å². The molecule has 4 heteroatoms. The van der Waals surface area contributed by atoms with Crippen LogP contribution in [0.5, 0.6) is 0 Å². The second-order valence-corrected chi connectivity index (χ2v) is 6.07. The Balaban J connectivity index is 2.19. The molecule has 0 fully saturated rings. The van der Waals surface area contributed by atoms with Crippen molar-refractivity contribution in [3.05, 3.63) is 46.3 Å². The Bertz CT molecular complexity index is 489. The first-order valence-electron chi connectivity index (χ1n) is 6.58. The predicted octanol–water partition coefficient (Wildman–Crippen LogP) is 3.58. The summed E-state index contributed by atoms with van der Waals surface area (Å²) < 4.78 is 0. The number of hydrogen-bond acceptors (Lipinski definition) is 4. The Morgan fingerprint density at radius 1 is 1.26 bits per heavy atom. The Kier molecular flexibility index (Phi) is 4.56. The van der Waals surface area contributed by atoms with Gasteiger partial charge in [-0.2, -0.15) is 0 Å². The Labute approximate surface area is 119 Å². The van der Waals surface area contributed by atoms with E-state index < -0.39 is 0 Å². The van der Waals surface area contributed by atoms with Gasteiger partial charge in [-0.25, -0.2) is 4.98 Å². The minimum atomic E-state index is 0.0337. The van der Waals surface area contributed by atoms with Crippen LogP contribution < -0.4 is 10.6 Å². The summed E-state index contributed by atoms with van der Waals surface area (Å²) in [5.41, 5.74) is 6.93. The van der Waals surface area contributed by atoms with Gasteiger partial charge in [0.2, 0.25) is 0 Å².